The van der Waals surface area contributed by atoms with Gasteiger partial charge < -0.3 is 15.2 Å². The molecule has 2 N–H and O–H groups in total. The molecule has 2 rings (SSSR count). The molecule has 3 heteroatoms. The van der Waals surface area contributed by atoms with Crippen molar-refractivity contribution in [1.82, 2.24) is 5.32 Å². The fraction of sp³-hybridized carbons (Fsp3) is 0.600. The molecule has 1 aromatic rings. The molecule has 0 aliphatic carbocycles. The molecule has 100 valence electrons. The smallest absolute Gasteiger partial charge is 0.118 e. The average molecular weight is 249 g/mol. The third-order valence-electron chi connectivity index (χ3n) is 3.96. The third-order valence-corrected chi connectivity index (χ3v) is 3.96. The highest BCUT2D eigenvalue weighted by atomic mass is 16.5. The SMILES string of the molecule is CCC1CCNC(C(O)c2ccc(OC)cc2)C1. The van der Waals surface area contributed by atoms with E-state index in [1.165, 1.54) is 12.8 Å². The Hall–Kier alpha value is -1.06. The number of piperidine rings is 1. The van der Waals surface area contributed by atoms with Gasteiger partial charge in [-0.15, -0.1) is 0 Å². The number of aliphatic hydroxyl groups excluding tert-OH is 1. The van der Waals surface area contributed by atoms with Crippen LogP contribution in [0.4, 0.5) is 0 Å². The van der Waals surface area contributed by atoms with Crippen LogP contribution in [0.1, 0.15) is 37.9 Å². The summed E-state index contributed by atoms with van der Waals surface area (Å²) in [6.45, 7) is 3.24. The number of nitrogens with one attached hydrogen (secondary N) is 1. The number of hydrogen-bond acceptors (Lipinski definition) is 3. The van der Waals surface area contributed by atoms with E-state index in [9.17, 15) is 5.11 Å². The minimum Gasteiger partial charge on any atom is -0.497 e. The van der Waals surface area contributed by atoms with Crippen LogP contribution < -0.4 is 10.1 Å². The molecule has 1 aliphatic heterocycles. The molecule has 0 bridgehead atoms. The van der Waals surface area contributed by atoms with E-state index in [-0.39, 0.29) is 6.04 Å². The van der Waals surface area contributed by atoms with Gasteiger partial charge in [0.25, 0.3) is 0 Å². The third kappa shape index (κ3) is 3.03. The van der Waals surface area contributed by atoms with Crippen LogP contribution in [0.2, 0.25) is 0 Å². The van der Waals surface area contributed by atoms with Gasteiger partial charge in [-0.05, 0) is 43.0 Å². The number of ether oxygens (including phenoxy) is 1. The van der Waals surface area contributed by atoms with Gasteiger partial charge in [-0.3, -0.25) is 0 Å². The summed E-state index contributed by atoms with van der Waals surface area (Å²) in [7, 11) is 1.65. The van der Waals surface area contributed by atoms with Gasteiger partial charge in [0, 0.05) is 6.04 Å². The van der Waals surface area contributed by atoms with E-state index >= 15 is 0 Å². The maximum Gasteiger partial charge on any atom is 0.118 e. The Morgan fingerprint density at radius 1 is 1.39 bits per heavy atom. The van der Waals surface area contributed by atoms with Crippen LogP contribution in [0.3, 0.4) is 0 Å². The Morgan fingerprint density at radius 2 is 2.11 bits per heavy atom. The number of rotatable bonds is 4. The molecule has 3 atom stereocenters. The first-order valence-electron chi connectivity index (χ1n) is 6.80. The van der Waals surface area contributed by atoms with Crippen LogP contribution in [-0.4, -0.2) is 24.8 Å². The summed E-state index contributed by atoms with van der Waals surface area (Å²) in [5.41, 5.74) is 0.963. The molecule has 0 radical (unpaired) electrons. The molecule has 1 fully saturated rings. The first-order chi connectivity index (χ1) is 8.74. The van der Waals surface area contributed by atoms with Gasteiger partial charge in [-0.2, -0.15) is 0 Å². The standard InChI is InChI=1S/C15H23NO2/c1-3-11-8-9-16-14(10-11)15(17)12-4-6-13(18-2)7-5-12/h4-7,11,14-17H,3,8-10H2,1-2H3. The molecule has 0 aromatic heterocycles. The van der Waals surface area contributed by atoms with Gasteiger partial charge in [0.1, 0.15) is 5.75 Å². The summed E-state index contributed by atoms with van der Waals surface area (Å²) < 4.78 is 5.13. The van der Waals surface area contributed by atoms with E-state index < -0.39 is 6.10 Å². The van der Waals surface area contributed by atoms with E-state index in [1.807, 2.05) is 24.3 Å². The normalized spacial score (nSPS) is 25.7. The fourth-order valence-corrected chi connectivity index (χ4v) is 2.68. The number of methoxy groups -OCH3 is 1. The van der Waals surface area contributed by atoms with Gasteiger partial charge >= 0.3 is 0 Å². The molecule has 1 saturated heterocycles. The summed E-state index contributed by atoms with van der Waals surface area (Å²) in [5.74, 6) is 1.57. The lowest BCUT2D eigenvalue weighted by Gasteiger charge is -2.33. The van der Waals surface area contributed by atoms with E-state index in [1.54, 1.807) is 7.11 Å². The molecule has 1 aromatic carbocycles. The topological polar surface area (TPSA) is 41.5 Å². The Bertz CT molecular complexity index is 363. The summed E-state index contributed by atoms with van der Waals surface area (Å²) in [6.07, 6.45) is 3.06. The molecule has 3 unspecified atom stereocenters. The molecule has 18 heavy (non-hydrogen) atoms. The zero-order chi connectivity index (χ0) is 13.0. The molecule has 0 amide bonds. The molecule has 0 saturated carbocycles. The summed E-state index contributed by atoms with van der Waals surface area (Å²) >= 11 is 0. The monoisotopic (exact) mass is 249 g/mol. The van der Waals surface area contributed by atoms with Crippen molar-refractivity contribution in [2.75, 3.05) is 13.7 Å². The summed E-state index contributed by atoms with van der Waals surface area (Å²) in [4.78, 5) is 0. The van der Waals surface area contributed by atoms with Crippen LogP contribution >= 0.6 is 0 Å². The lowest BCUT2D eigenvalue weighted by atomic mass is 9.86. The van der Waals surface area contributed by atoms with Gasteiger partial charge in [-0.25, -0.2) is 0 Å². The minimum atomic E-state index is -0.426. The largest absolute Gasteiger partial charge is 0.497 e. The highest BCUT2D eigenvalue weighted by Crippen LogP contribution is 2.28. The van der Waals surface area contributed by atoms with Crippen LogP contribution in [0.25, 0.3) is 0 Å². The van der Waals surface area contributed by atoms with Gasteiger partial charge in [-0.1, -0.05) is 25.5 Å². The van der Waals surface area contributed by atoms with Crippen LogP contribution in [0.15, 0.2) is 24.3 Å². The van der Waals surface area contributed by atoms with Crippen molar-refractivity contribution in [1.29, 1.82) is 0 Å². The summed E-state index contributed by atoms with van der Waals surface area (Å²) in [5, 5.41) is 13.8. The van der Waals surface area contributed by atoms with Crippen LogP contribution in [-0.2, 0) is 0 Å². The second-order valence-corrected chi connectivity index (χ2v) is 5.08. The predicted octanol–water partition coefficient (Wildman–Crippen LogP) is 2.51. The number of hydrogen-bond donors (Lipinski definition) is 2. The maximum absolute atomic E-state index is 10.4. The van der Waals surface area contributed by atoms with Crippen molar-refractivity contribution in [3.05, 3.63) is 29.8 Å². The number of benzene rings is 1. The highest BCUT2D eigenvalue weighted by Gasteiger charge is 2.26. The average Bonchev–Trinajstić information content (AvgIpc) is 2.46. The van der Waals surface area contributed by atoms with Gasteiger partial charge in [0.05, 0.1) is 13.2 Å². The van der Waals surface area contributed by atoms with Crippen molar-refractivity contribution in [2.24, 2.45) is 5.92 Å². The first-order valence-corrected chi connectivity index (χ1v) is 6.80. The van der Waals surface area contributed by atoms with Crippen LogP contribution in [0.5, 0.6) is 5.75 Å². The zero-order valence-corrected chi connectivity index (χ0v) is 11.2. The van der Waals surface area contributed by atoms with E-state index in [0.717, 1.165) is 30.2 Å². The number of aliphatic hydroxyl groups is 1. The lowest BCUT2D eigenvalue weighted by Crippen LogP contribution is -2.42. The fourth-order valence-electron chi connectivity index (χ4n) is 2.68. The molecular weight excluding hydrogens is 226 g/mol. The molecule has 1 heterocycles. The second-order valence-electron chi connectivity index (χ2n) is 5.08. The molecule has 0 spiro atoms. The van der Waals surface area contributed by atoms with Crippen molar-refractivity contribution < 1.29 is 9.84 Å². The highest BCUT2D eigenvalue weighted by molar-refractivity contribution is 5.29. The minimum absolute atomic E-state index is 0.178. The maximum atomic E-state index is 10.4. The van der Waals surface area contributed by atoms with Gasteiger partial charge in [0.15, 0.2) is 0 Å². The Kier molecular flexibility index (Phi) is 4.61. The molecular formula is C15H23NO2. The van der Waals surface area contributed by atoms with Crippen LogP contribution in [0, 0.1) is 5.92 Å². The molecule has 3 nitrogen and oxygen atoms in total. The van der Waals surface area contributed by atoms with Crippen molar-refractivity contribution in [2.45, 2.75) is 38.3 Å². The Morgan fingerprint density at radius 3 is 2.72 bits per heavy atom. The van der Waals surface area contributed by atoms with Crippen molar-refractivity contribution in [3.8, 4) is 5.75 Å². The second kappa shape index (κ2) is 6.21. The van der Waals surface area contributed by atoms with E-state index in [4.69, 9.17) is 4.74 Å². The molecule has 1 aliphatic rings. The zero-order valence-electron chi connectivity index (χ0n) is 11.2. The van der Waals surface area contributed by atoms with Gasteiger partial charge in [0.2, 0.25) is 0 Å². The summed E-state index contributed by atoms with van der Waals surface area (Å²) in [6, 6.07) is 7.87. The van der Waals surface area contributed by atoms with Crippen molar-refractivity contribution in [3.63, 3.8) is 0 Å². The van der Waals surface area contributed by atoms with E-state index in [0.29, 0.717) is 0 Å². The van der Waals surface area contributed by atoms with E-state index in [2.05, 4.69) is 12.2 Å². The Labute approximate surface area is 109 Å². The Balaban J connectivity index is 2.02. The predicted molar refractivity (Wildman–Crippen MR) is 72.8 cm³/mol. The van der Waals surface area contributed by atoms with Crippen molar-refractivity contribution >= 4 is 0 Å². The first kappa shape index (κ1) is 13.4. The lowest BCUT2D eigenvalue weighted by molar-refractivity contribution is 0.0978. The quantitative estimate of drug-likeness (QED) is 0.861.